The van der Waals surface area contributed by atoms with Crippen molar-refractivity contribution in [2.24, 2.45) is 0 Å². The topological polar surface area (TPSA) is 125 Å². The number of aryl methyl sites for hydroxylation is 2. The minimum Gasteiger partial charge on any atom is -0.345 e. The average molecular weight is 433 g/mol. The van der Waals surface area contributed by atoms with Crippen molar-refractivity contribution in [1.29, 1.82) is 0 Å². The molecule has 4 rings (SSSR count). The summed E-state index contributed by atoms with van der Waals surface area (Å²) < 4.78 is 32.7. The SMILES string of the molecule is CCCc1noc(CCC(=O)N2CCN(S(=O)(=O)c3c[nH]c4ncccc34)CC2)n1. The lowest BCUT2D eigenvalue weighted by Crippen LogP contribution is -2.50. The van der Waals surface area contributed by atoms with Crippen molar-refractivity contribution in [3.63, 3.8) is 0 Å². The van der Waals surface area contributed by atoms with Crippen molar-refractivity contribution >= 4 is 27.0 Å². The molecule has 0 unspecified atom stereocenters. The number of pyridine rings is 1. The maximum Gasteiger partial charge on any atom is 0.245 e. The number of aromatic nitrogens is 4. The highest BCUT2D eigenvalue weighted by atomic mass is 32.2. The summed E-state index contributed by atoms with van der Waals surface area (Å²) in [5.41, 5.74) is 0.535. The second-order valence-corrected chi connectivity index (χ2v) is 9.10. The number of piperazine rings is 1. The minimum atomic E-state index is -3.66. The summed E-state index contributed by atoms with van der Waals surface area (Å²) in [4.78, 5) is 25.7. The summed E-state index contributed by atoms with van der Waals surface area (Å²) in [5.74, 6) is 1.07. The molecule has 11 heteroatoms. The van der Waals surface area contributed by atoms with Gasteiger partial charge in [0, 0.05) is 63.2 Å². The zero-order chi connectivity index (χ0) is 21.1. The molecule has 1 amide bonds. The highest BCUT2D eigenvalue weighted by Crippen LogP contribution is 2.25. The normalized spacial score (nSPS) is 15.7. The Kier molecular flexibility index (Phi) is 5.82. The minimum absolute atomic E-state index is 0.0430. The number of nitrogens with one attached hydrogen (secondary N) is 1. The largest absolute Gasteiger partial charge is 0.345 e. The number of nitrogens with zero attached hydrogens (tertiary/aromatic N) is 5. The number of fused-ring (bicyclic) bond motifs is 1. The first kappa shape index (κ1) is 20.5. The Hall–Kier alpha value is -2.79. The van der Waals surface area contributed by atoms with Gasteiger partial charge in [0.25, 0.3) is 0 Å². The zero-order valence-corrected chi connectivity index (χ0v) is 17.6. The van der Waals surface area contributed by atoms with E-state index in [4.69, 9.17) is 4.52 Å². The van der Waals surface area contributed by atoms with E-state index in [1.54, 1.807) is 23.2 Å². The third-order valence-electron chi connectivity index (χ3n) is 5.16. The van der Waals surface area contributed by atoms with Crippen LogP contribution in [0.2, 0.25) is 0 Å². The molecule has 1 aliphatic rings. The number of carbonyl (C=O) groups excluding carboxylic acids is 1. The molecule has 1 fully saturated rings. The lowest BCUT2D eigenvalue weighted by Gasteiger charge is -2.33. The van der Waals surface area contributed by atoms with E-state index in [1.165, 1.54) is 10.5 Å². The van der Waals surface area contributed by atoms with Gasteiger partial charge >= 0.3 is 0 Å². The molecule has 0 radical (unpaired) electrons. The fourth-order valence-corrected chi connectivity index (χ4v) is 5.12. The van der Waals surface area contributed by atoms with E-state index >= 15 is 0 Å². The summed E-state index contributed by atoms with van der Waals surface area (Å²) in [6, 6.07) is 3.44. The Morgan fingerprint density at radius 1 is 1.23 bits per heavy atom. The van der Waals surface area contributed by atoms with Crippen LogP contribution in [-0.4, -0.2) is 69.8 Å². The van der Waals surface area contributed by atoms with Gasteiger partial charge in [0.2, 0.25) is 21.8 Å². The zero-order valence-electron chi connectivity index (χ0n) is 16.7. The van der Waals surface area contributed by atoms with Gasteiger partial charge in [-0.2, -0.15) is 9.29 Å². The summed E-state index contributed by atoms with van der Waals surface area (Å²) in [5, 5.41) is 4.46. The van der Waals surface area contributed by atoms with Crippen molar-refractivity contribution in [2.75, 3.05) is 26.2 Å². The van der Waals surface area contributed by atoms with Crippen LogP contribution in [0.3, 0.4) is 0 Å². The molecule has 0 atom stereocenters. The maximum absolute atomic E-state index is 13.1. The van der Waals surface area contributed by atoms with Crippen molar-refractivity contribution in [3.8, 4) is 0 Å². The molecule has 3 aromatic heterocycles. The molecule has 0 saturated carbocycles. The third-order valence-corrected chi connectivity index (χ3v) is 7.10. The number of H-pyrrole nitrogens is 1. The van der Waals surface area contributed by atoms with Crippen LogP contribution in [0.15, 0.2) is 33.9 Å². The van der Waals surface area contributed by atoms with Crippen molar-refractivity contribution in [2.45, 2.75) is 37.5 Å². The van der Waals surface area contributed by atoms with E-state index in [-0.39, 0.29) is 30.3 Å². The second kappa shape index (κ2) is 8.52. The molecule has 4 heterocycles. The van der Waals surface area contributed by atoms with Gasteiger partial charge in [0.1, 0.15) is 10.5 Å². The Bertz CT molecular complexity index is 1130. The number of sulfonamides is 1. The van der Waals surface area contributed by atoms with Gasteiger partial charge < -0.3 is 14.4 Å². The molecule has 1 saturated heterocycles. The van der Waals surface area contributed by atoms with Crippen LogP contribution < -0.4 is 0 Å². The van der Waals surface area contributed by atoms with E-state index in [0.717, 1.165) is 12.8 Å². The standard InChI is InChI=1S/C19H24N6O4S/c1-2-4-16-22-17(29-23-16)6-7-18(26)24-9-11-25(12-10-24)30(27,28)15-13-21-19-14(15)5-3-8-20-19/h3,5,8,13H,2,4,6-7,9-12H2,1H3,(H,20,21). The monoisotopic (exact) mass is 432 g/mol. The summed E-state index contributed by atoms with van der Waals surface area (Å²) in [6.07, 6.45) is 5.41. The summed E-state index contributed by atoms with van der Waals surface area (Å²) >= 11 is 0. The fraction of sp³-hybridized carbons (Fsp3) is 0.474. The molecular formula is C19H24N6O4S. The highest BCUT2D eigenvalue weighted by Gasteiger charge is 2.31. The molecule has 0 aromatic carbocycles. The highest BCUT2D eigenvalue weighted by molar-refractivity contribution is 7.89. The quantitative estimate of drug-likeness (QED) is 0.597. The Morgan fingerprint density at radius 2 is 2.03 bits per heavy atom. The van der Waals surface area contributed by atoms with E-state index in [9.17, 15) is 13.2 Å². The molecule has 0 aliphatic carbocycles. The van der Waals surface area contributed by atoms with Gasteiger partial charge in [0.05, 0.1) is 0 Å². The predicted molar refractivity (Wildman–Crippen MR) is 108 cm³/mol. The van der Waals surface area contributed by atoms with Crippen LogP contribution in [-0.2, 0) is 27.7 Å². The third kappa shape index (κ3) is 4.08. The van der Waals surface area contributed by atoms with E-state index in [1.807, 2.05) is 6.92 Å². The number of hydrogen-bond donors (Lipinski definition) is 1. The number of carbonyl (C=O) groups is 1. The number of hydrogen-bond acceptors (Lipinski definition) is 7. The second-order valence-electron chi connectivity index (χ2n) is 7.19. The Balaban J connectivity index is 1.34. The lowest BCUT2D eigenvalue weighted by molar-refractivity contribution is -0.132. The Morgan fingerprint density at radius 3 is 2.80 bits per heavy atom. The molecule has 0 spiro atoms. The molecule has 1 aliphatic heterocycles. The molecule has 0 bridgehead atoms. The summed E-state index contributed by atoms with van der Waals surface area (Å²) in [7, 11) is -3.66. The fourth-order valence-electron chi connectivity index (χ4n) is 3.55. The van der Waals surface area contributed by atoms with Gasteiger partial charge in [-0.1, -0.05) is 12.1 Å². The van der Waals surface area contributed by atoms with Crippen LogP contribution in [0, 0.1) is 0 Å². The first-order chi connectivity index (χ1) is 14.5. The van der Waals surface area contributed by atoms with Gasteiger partial charge in [-0.05, 0) is 18.6 Å². The maximum atomic E-state index is 13.1. The molecule has 160 valence electrons. The van der Waals surface area contributed by atoms with Gasteiger partial charge in [0.15, 0.2) is 5.82 Å². The number of aromatic amines is 1. The van der Waals surface area contributed by atoms with Crippen LogP contribution >= 0.6 is 0 Å². The van der Waals surface area contributed by atoms with E-state index in [0.29, 0.717) is 42.3 Å². The first-order valence-corrected chi connectivity index (χ1v) is 11.4. The van der Waals surface area contributed by atoms with Crippen LogP contribution in [0.1, 0.15) is 31.5 Å². The van der Waals surface area contributed by atoms with E-state index < -0.39 is 10.0 Å². The van der Waals surface area contributed by atoms with Gasteiger partial charge in [-0.15, -0.1) is 0 Å². The molecule has 3 aromatic rings. The van der Waals surface area contributed by atoms with Crippen LogP contribution in [0.25, 0.3) is 11.0 Å². The summed E-state index contributed by atoms with van der Waals surface area (Å²) in [6.45, 7) is 3.24. The van der Waals surface area contributed by atoms with Crippen LogP contribution in [0.4, 0.5) is 0 Å². The smallest absolute Gasteiger partial charge is 0.245 e. The van der Waals surface area contributed by atoms with Gasteiger partial charge in [-0.3, -0.25) is 4.79 Å². The lowest BCUT2D eigenvalue weighted by atomic mass is 10.2. The molecular weight excluding hydrogens is 408 g/mol. The van der Waals surface area contributed by atoms with Crippen LogP contribution in [0.5, 0.6) is 0 Å². The number of rotatable bonds is 7. The van der Waals surface area contributed by atoms with Crippen molar-refractivity contribution in [3.05, 3.63) is 36.2 Å². The van der Waals surface area contributed by atoms with Crippen molar-refractivity contribution in [1.82, 2.24) is 29.3 Å². The van der Waals surface area contributed by atoms with Crippen molar-refractivity contribution < 1.29 is 17.7 Å². The first-order valence-electron chi connectivity index (χ1n) is 10.0. The average Bonchev–Trinajstić information content (AvgIpc) is 3.39. The number of amides is 1. The Labute approximate surface area is 174 Å². The van der Waals surface area contributed by atoms with E-state index in [2.05, 4.69) is 20.1 Å². The predicted octanol–water partition coefficient (Wildman–Crippen LogP) is 1.36. The van der Waals surface area contributed by atoms with Gasteiger partial charge in [-0.25, -0.2) is 13.4 Å². The molecule has 10 nitrogen and oxygen atoms in total. The molecule has 1 N–H and O–H groups in total. The molecule has 30 heavy (non-hydrogen) atoms.